The molecule has 0 aromatic carbocycles. The van der Waals surface area contributed by atoms with Crippen molar-refractivity contribution in [1.29, 1.82) is 0 Å². The van der Waals surface area contributed by atoms with Crippen LogP contribution in [0.2, 0.25) is 0 Å². The molecule has 2 N–H and O–H groups in total. The van der Waals surface area contributed by atoms with Gasteiger partial charge in [0.1, 0.15) is 0 Å². The summed E-state index contributed by atoms with van der Waals surface area (Å²) in [5, 5.41) is 14.1. The van der Waals surface area contributed by atoms with E-state index in [1.54, 1.807) is 17.1 Å². The largest absolute Gasteiger partial charge is 0.309 e. The molecule has 0 radical (unpaired) electrons. The molecule has 7 nitrogen and oxygen atoms in total. The lowest BCUT2D eigenvalue weighted by Gasteiger charge is -2.00. The predicted octanol–water partition coefficient (Wildman–Crippen LogP) is 2.05. The number of anilines is 1. The van der Waals surface area contributed by atoms with Crippen LogP contribution in [0.15, 0.2) is 42.9 Å². The minimum absolute atomic E-state index is 0.112. The summed E-state index contributed by atoms with van der Waals surface area (Å²) in [6.45, 7) is 0. The highest BCUT2D eigenvalue weighted by Crippen LogP contribution is 2.39. The van der Waals surface area contributed by atoms with Crippen LogP contribution in [0.3, 0.4) is 0 Å². The van der Waals surface area contributed by atoms with E-state index in [4.69, 9.17) is 0 Å². The number of amides is 1. The molecule has 116 valence electrons. The highest BCUT2D eigenvalue weighted by Gasteiger charge is 2.25. The third-order valence-electron chi connectivity index (χ3n) is 3.77. The summed E-state index contributed by atoms with van der Waals surface area (Å²) >= 11 is 0. The van der Waals surface area contributed by atoms with Crippen LogP contribution in [0, 0.1) is 0 Å². The molecular weight excluding hydrogens is 292 g/mol. The number of hydrogen-bond acceptors (Lipinski definition) is 4. The topological polar surface area (TPSA) is 88.5 Å². The van der Waals surface area contributed by atoms with Crippen LogP contribution in [0.5, 0.6) is 0 Å². The van der Waals surface area contributed by atoms with Gasteiger partial charge >= 0.3 is 0 Å². The zero-order chi connectivity index (χ0) is 15.6. The molecule has 23 heavy (non-hydrogen) atoms. The second-order valence-electron chi connectivity index (χ2n) is 5.69. The van der Waals surface area contributed by atoms with Crippen LogP contribution in [-0.4, -0.2) is 30.9 Å². The van der Waals surface area contributed by atoms with E-state index in [0.29, 0.717) is 11.7 Å². The lowest BCUT2D eigenvalue weighted by molar-refractivity contribution is -0.115. The van der Waals surface area contributed by atoms with Crippen LogP contribution in [-0.2, 0) is 11.2 Å². The Kier molecular flexibility index (Phi) is 3.38. The van der Waals surface area contributed by atoms with Crippen molar-refractivity contribution in [2.75, 3.05) is 5.32 Å². The first-order valence-corrected chi connectivity index (χ1v) is 7.58. The molecule has 0 spiro atoms. The normalized spacial score (nSPS) is 13.9. The highest BCUT2D eigenvalue weighted by atomic mass is 16.1. The number of hydrogen-bond donors (Lipinski definition) is 2. The molecule has 3 aromatic heterocycles. The number of nitrogens with one attached hydrogen (secondary N) is 2. The van der Waals surface area contributed by atoms with Gasteiger partial charge in [-0.05, 0) is 30.5 Å². The molecule has 4 rings (SSSR count). The molecule has 1 fully saturated rings. The van der Waals surface area contributed by atoms with Crippen molar-refractivity contribution in [2.45, 2.75) is 25.2 Å². The zero-order valence-electron chi connectivity index (χ0n) is 12.4. The molecular formula is C16H16N6O. The van der Waals surface area contributed by atoms with E-state index < -0.39 is 0 Å². The zero-order valence-corrected chi connectivity index (χ0v) is 12.4. The van der Waals surface area contributed by atoms with Crippen LogP contribution in [0.25, 0.3) is 5.82 Å². The molecule has 0 aliphatic heterocycles. The van der Waals surface area contributed by atoms with E-state index in [1.165, 1.54) is 12.8 Å². The molecule has 1 saturated carbocycles. The predicted molar refractivity (Wildman–Crippen MR) is 84.3 cm³/mol. The quantitative estimate of drug-likeness (QED) is 0.755. The number of H-pyrrole nitrogens is 1. The Morgan fingerprint density at radius 1 is 1.39 bits per heavy atom. The summed E-state index contributed by atoms with van der Waals surface area (Å²) < 4.78 is 1.66. The van der Waals surface area contributed by atoms with Crippen molar-refractivity contribution in [3.8, 4) is 5.82 Å². The lowest BCUT2D eigenvalue weighted by Crippen LogP contribution is -2.14. The Hall–Kier alpha value is -2.96. The Balaban J connectivity index is 1.39. The first kappa shape index (κ1) is 13.7. The van der Waals surface area contributed by atoms with Gasteiger partial charge in [-0.15, -0.1) is 0 Å². The van der Waals surface area contributed by atoms with Gasteiger partial charge < -0.3 is 5.32 Å². The van der Waals surface area contributed by atoms with E-state index in [1.807, 2.05) is 30.5 Å². The first-order valence-electron chi connectivity index (χ1n) is 7.58. The maximum absolute atomic E-state index is 12.1. The summed E-state index contributed by atoms with van der Waals surface area (Å²) in [5.41, 5.74) is 1.93. The second kappa shape index (κ2) is 5.68. The second-order valence-corrected chi connectivity index (χ2v) is 5.69. The van der Waals surface area contributed by atoms with Gasteiger partial charge in [0.2, 0.25) is 5.91 Å². The standard InChI is InChI=1S/C16H16N6O/c23-16(19-14-8-13(20-21-14)12-4-5-12)7-11-9-18-22(10-11)15-3-1-2-6-17-15/h1-3,6,8-10,12H,4-5,7H2,(H2,19,20,21,23). The SMILES string of the molecule is O=C(Cc1cnn(-c2ccccn2)c1)Nc1cc(C2CC2)[nH]n1. The van der Waals surface area contributed by atoms with Gasteiger partial charge in [0.25, 0.3) is 0 Å². The average Bonchev–Trinajstić information content (AvgIpc) is 3.14. The summed E-state index contributed by atoms with van der Waals surface area (Å²) in [4.78, 5) is 16.3. The fourth-order valence-corrected chi connectivity index (χ4v) is 2.44. The van der Waals surface area contributed by atoms with Crippen LogP contribution >= 0.6 is 0 Å². The maximum atomic E-state index is 12.1. The number of aromatic amines is 1. The van der Waals surface area contributed by atoms with Crippen molar-refractivity contribution >= 4 is 11.7 Å². The smallest absolute Gasteiger partial charge is 0.230 e. The minimum atomic E-state index is -0.112. The molecule has 1 aliphatic carbocycles. The summed E-state index contributed by atoms with van der Waals surface area (Å²) in [6.07, 6.45) is 7.83. The van der Waals surface area contributed by atoms with Gasteiger partial charge in [0, 0.05) is 30.1 Å². The van der Waals surface area contributed by atoms with Gasteiger partial charge in [-0.25, -0.2) is 9.67 Å². The maximum Gasteiger partial charge on any atom is 0.230 e. The Morgan fingerprint density at radius 3 is 3.09 bits per heavy atom. The Labute approximate surface area is 132 Å². The minimum Gasteiger partial charge on any atom is -0.309 e. The molecule has 0 bridgehead atoms. The van der Waals surface area contributed by atoms with E-state index >= 15 is 0 Å². The molecule has 3 heterocycles. The molecule has 1 aliphatic rings. The monoisotopic (exact) mass is 308 g/mol. The lowest BCUT2D eigenvalue weighted by atomic mass is 10.2. The van der Waals surface area contributed by atoms with Crippen molar-refractivity contribution in [3.63, 3.8) is 0 Å². The Bertz CT molecular complexity index is 818. The average molecular weight is 308 g/mol. The number of carbonyl (C=O) groups excluding carboxylic acids is 1. The number of aromatic nitrogens is 5. The van der Waals surface area contributed by atoms with E-state index in [9.17, 15) is 4.79 Å². The summed E-state index contributed by atoms with van der Waals surface area (Å²) in [5.74, 6) is 1.78. The van der Waals surface area contributed by atoms with Crippen LogP contribution in [0.1, 0.15) is 30.0 Å². The van der Waals surface area contributed by atoms with Gasteiger partial charge in [-0.1, -0.05) is 6.07 Å². The number of nitrogens with zero attached hydrogens (tertiary/aromatic N) is 4. The third kappa shape index (κ3) is 3.13. The van der Waals surface area contributed by atoms with Crippen molar-refractivity contribution < 1.29 is 4.79 Å². The summed E-state index contributed by atoms with van der Waals surface area (Å²) in [7, 11) is 0. The van der Waals surface area contributed by atoms with E-state index in [-0.39, 0.29) is 12.3 Å². The highest BCUT2D eigenvalue weighted by molar-refractivity contribution is 5.91. The van der Waals surface area contributed by atoms with Gasteiger partial charge in [-0.3, -0.25) is 9.89 Å². The van der Waals surface area contributed by atoms with E-state index in [0.717, 1.165) is 17.1 Å². The fourth-order valence-electron chi connectivity index (χ4n) is 2.44. The molecule has 0 unspecified atom stereocenters. The van der Waals surface area contributed by atoms with Crippen molar-refractivity contribution in [3.05, 3.63) is 54.1 Å². The molecule has 0 atom stereocenters. The molecule has 3 aromatic rings. The third-order valence-corrected chi connectivity index (χ3v) is 3.77. The number of rotatable bonds is 5. The van der Waals surface area contributed by atoms with Gasteiger partial charge in [-0.2, -0.15) is 10.2 Å². The number of pyridine rings is 1. The summed E-state index contributed by atoms with van der Waals surface area (Å²) in [6, 6.07) is 7.51. The Morgan fingerprint density at radius 2 is 2.30 bits per heavy atom. The van der Waals surface area contributed by atoms with E-state index in [2.05, 4.69) is 25.6 Å². The first-order chi connectivity index (χ1) is 11.3. The molecule has 1 amide bonds. The number of carbonyl (C=O) groups is 1. The van der Waals surface area contributed by atoms with Crippen LogP contribution < -0.4 is 5.32 Å². The van der Waals surface area contributed by atoms with Crippen molar-refractivity contribution in [2.24, 2.45) is 0 Å². The van der Waals surface area contributed by atoms with Crippen molar-refractivity contribution in [1.82, 2.24) is 25.0 Å². The fraction of sp³-hybridized carbons (Fsp3) is 0.250. The van der Waals surface area contributed by atoms with Crippen LogP contribution in [0.4, 0.5) is 5.82 Å². The van der Waals surface area contributed by atoms with Gasteiger partial charge in [0.05, 0.1) is 12.6 Å². The molecule has 7 heteroatoms. The molecule has 0 saturated heterocycles. The van der Waals surface area contributed by atoms with Gasteiger partial charge in [0.15, 0.2) is 11.6 Å².